The number of nitrogens with one attached hydrogen (secondary N) is 1. The van der Waals surface area contributed by atoms with Crippen molar-refractivity contribution in [1.82, 2.24) is 5.32 Å². The van der Waals surface area contributed by atoms with Crippen LogP contribution in [0.25, 0.3) is 0 Å². The van der Waals surface area contributed by atoms with Crippen LogP contribution in [0.15, 0.2) is 0 Å². The molecule has 2 saturated heterocycles. The molecule has 0 aromatic rings. The van der Waals surface area contributed by atoms with Gasteiger partial charge in [0.15, 0.2) is 0 Å². The van der Waals surface area contributed by atoms with Gasteiger partial charge in [0.05, 0.1) is 12.2 Å². The van der Waals surface area contributed by atoms with Gasteiger partial charge in [0.2, 0.25) is 0 Å². The molecule has 2 aliphatic rings. The Morgan fingerprint density at radius 2 is 2.29 bits per heavy atom. The molecule has 2 rings (SSSR count). The van der Waals surface area contributed by atoms with Crippen molar-refractivity contribution in [2.75, 3.05) is 32.8 Å². The van der Waals surface area contributed by atoms with Gasteiger partial charge in [-0.2, -0.15) is 0 Å². The van der Waals surface area contributed by atoms with E-state index in [1.54, 1.807) is 0 Å². The predicted molar refractivity (Wildman–Crippen MR) is 54.0 cm³/mol. The zero-order chi connectivity index (χ0) is 10.1. The highest BCUT2D eigenvalue weighted by Gasteiger charge is 2.51. The minimum atomic E-state index is -0.651. The van der Waals surface area contributed by atoms with Crippen molar-refractivity contribution >= 4 is 0 Å². The van der Waals surface area contributed by atoms with Crippen LogP contribution in [0.4, 0.5) is 0 Å². The van der Waals surface area contributed by atoms with Crippen LogP contribution in [0.3, 0.4) is 0 Å². The molecular weight excluding hydrogens is 180 g/mol. The minimum absolute atomic E-state index is 0.214. The Morgan fingerprint density at radius 1 is 1.43 bits per heavy atom. The fourth-order valence-electron chi connectivity index (χ4n) is 2.70. The van der Waals surface area contributed by atoms with Crippen molar-refractivity contribution in [3.8, 4) is 0 Å². The Labute approximate surface area is 84.8 Å². The summed E-state index contributed by atoms with van der Waals surface area (Å²) in [5.74, 6) is 0. The summed E-state index contributed by atoms with van der Waals surface area (Å²) >= 11 is 0. The lowest BCUT2D eigenvalue weighted by Crippen LogP contribution is -2.58. The van der Waals surface area contributed by atoms with Gasteiger partial charge >= 0.3 is 0 Å². The van der Waals surface area contributed by atoms with Crippen LogP contribution in [-0.2, 0) is 4.74 Å². The van der Waals surface area contributed by atoms with E-state index in [1.807, 2.05) is 0 Å². The Balaban J connectivity index is 2.16. The highest BCUT2D eigenvalue weighted by atomic mass is 16.5. The van der Waals surface area contributed by atoms with Crippen LogP contribution >= 0.6 is 0 Å². The molecule has 2 heterocycles. The van der Waals surface area contributed by atoms with Crippen LogP contribution in [-0.4, -0.2) is 43.6 Å². The molecule has 4 nitrogen and oxygen atoms in total. The molecule has 0 aromatic heterocycles. The smallest absolute Gasteiger partial charge is 0.0873 e. The number of nitrogens with two attached hydrogens (primary N) is 1. The zero-order valence-corrected chi connectivity index (χ0v) is 8.59. The topological polar surface area (TPSA) is 67.5 Å². The van der Waals surface area contributed by atoms with Crippen molar-refractivity contribution < 1.29 is 9.84 Å². The second-order valence-corrected chi connectivity index (χ2v) is 4.60. The van der Waals surface area contributed by atoms with Crippen molar-refractivity contribution in [2.24, 2.45) is 11.1 Å². The second-order valence-electron chi connectivity index (χ2n) is 4.60. The first kappa shape index (κ1) is 10.4. The standard InChI is InChI=1S/C10H20N2O2/c11-6-9(2-1-5-14-8-9)10(13)3-4-12-7-10/h12-13H,1-8,11H2. The van der Waals surface area contributed by atoms with E-state index in [1.165, 1.54) is 0 Å². The fraction of sp³-hybridized carbons (Fsp3) is 1.00. The normalized spacial score (nSPS) is 44.1. The maximum atomic E-state index is 10.5. The molecule has 2 atom stereocenters. The van der Waals surface area contributed by atoms with E-state index in [-0.39, 0.29) is 5.41 Å². The second kappa shape index (κ2) is 3.77. The first-order chi connectivity index (χ1) is 6.72. The molecule has 0 spiro atoms. The minimum Gasteiger partial charge on any atom is -0.388 e. The lowest BCUT2D eigenvalue weighted by atomic mass is 9.68. The van der Waals surface area contributed by atoms with Crippen molar-refractivity contribution in [3.63, 3.8) is 0 Å². The number of β-amino-alcohol motifs (C(OH)–C–C–N with tert-alkyl or cyclic N) is 1. The van der Waals surface area contributed by atoms with Crippen LogP contribution < -0.4 is 11.1 Å². The molecule has 82 valence electrons. The number of ether oxygens (including phenoxy) is 1. The molecule has 14 heavy (non-hydrogen) atoms. The summed E-state index contributed by atoms with van der Waals surface area (Å²) in [5, 5.41) is 13.8. The summed E-state index contributed by atoms with van der Waals surface area (Å²) in [5.41, 5.74) is 4.97. The van der Waals surface area contributed by atoms with Gasteiger partial charge in [-0.05, 0) is 25.8 Å². The summed E-state index contributed by atoms with van der Waals surface area (Å²) in [6, 6.07) is 0. The van der Waals surface area contributed by atoms with Gasteiger partial charge < -0.3 is 20.9 Å². The van der Waals surface area contributed by atoms with Crippen LogP contribution in [0.5, 0.6) is 0 Å². The van der Waals surface area contributed by atoms with E-state index in [4.69, 9.17) is 10.5 Å². The van der Waals surface area contributed by atoms with E-state index in [2.05, 4.69) is 5.32 Å². The SMILES string of the molecule is NCC1(C2(O)CCNC2)CCCOC1. The largest absolute Gasteiger partial charge is 0.388 e. The van der Waals surface area contributed by atoms with Gasteiger partial charge in [0.25, 0.3) is 0 Å². The molecule has 0 aliphatic carbocycles. The highest BCUT2D eigenvalue weighted by molar-refractivity contribution is 5.05. The van der Waals surface area contributed by atoms with E-state index in [9.17, 15) is 5.11 Å². The van der Waals surface area contributed by atoms with E-state index in [0.29, 0.717) is 19.7 Å². The molecule has 2 fully saturated rings. The molecule has 4 N–H and O–H groups in total. The first-order valence-electron chi connectivity index (χ1n) is 5.43. The van der Waals surface area contributed by atoms with E-state index >= 15 is 0 Å². The van der Waals surface area contributed by atoms with Gasteiger partial charge in [0.1, 0.15) is 0 Å². The molecule has 2 aliphatic heterocycles. The lowest BCUT2D eigenvalue weighted by Gasteiger charge is -2.46. The molecule has 0 amide bonds. The summed E-state index contributed by atoms with van der Waals surface area (Å²) in [4.78, 5) is 0. The average molecular weight is 200 g/mol. The third-order valence-corrected chi connectivity index (χ3v) is 3.83. The van der Waals surface area contributed by atoms with Crippen LogP contribution in [0, 0.1) is 5.41 Å². The Kier molecular flexibility index (Phi) is 2.79. The summed E-state index contributed by atoms with van der Waals surface area (Å²) in [6.45, 7) is 3.49. The van der Waals surface area contributed by atoms with Crippen molar-refractivity contribution in [1.29, 1.82) is 0 Å². The summed E-state index contributed by atoms with van der Waals surface area (Å²) in [7, 11) is 0. The third-order valence-electron chi connectivity index (χ3n) is 3.83. The Morgan fingerprint density at radius 3 is 2.79 bits per heavy atom. The van der Waals surface area contributed by atoms with Gasteiger partial charge in [-0.25, -0.2) is 0 Å². The molecule has 0 saturated carbocycles. The number of hydrogen-bond acceptors (Lipinski definition) is 4. The zero-order valence-electron chi connectivity index (χ0n) is 8.59. The number of aliphatic hydroxyl groups is 1. The maximum absolute atomic E-state index is 10.5. The average Bonchev–Trinajstić information content (AvgIpc) is 2.68. The molecule has 0 aromatic carbocycles. The van der Waals surface area contributed by atoms with Gasteiger partial charge in [0, 0.05) is 25.1 Å². The summed E-state index contributed by atoms with van der Waals surface area (Å²) < 4.78 is 5.49. The monoisotopic (exact) mass is 200 g/mol. The lowest BCUT2D eigenvalue weighted by molar-refractivity contribution is -0.132. The van der Waals surface area contributed by atoms with E-state index < -0.39 is 5.60 Å². The fourth-order valence-corrected chi connectivity index (χ4v) is 2.70. The molecule has 0 bridgehead atoms. The number of hydrogen-bond donors (Lipinski definition) is 3. The quantitative estimate of drug-likeness (QED) is 0.560. The molecule has 0 radical (unpaired) electrons. The molecule has 4 heteroatoms. The Bertz CT molecular complexity index is 196. The van der Waals surface area contributed by atoms with Gasteiger partial charge in [-0.15, -0.1) is 0 Å². The summed E-state index contributed by atoms with van der Waals surface area (Å²) in [6.07, 6.45) is 2.80. The van der Waals surface area contributed by atoms with Crippen molar-refractivity contribution in [2.45, 2.75) is 24.9 Å². The maximum Gasteiger partial charge on any atom is 0.0873 e. The van der Waals surface area contributed by atoms with Crippen LogP contribution in [0.2, 0.25) is 0 Å². The number of rotatable bonds is 2. The van der Waals surface area contributed by atoms with Crippen LogP contribution in [0.1, 0.15) is 19.3 Å². The Hall–Kier alpha value is -0.160. The molecular formula is C10H20N2O2. The van der Waals surface area contributed by atoms with Gasteiger partial charge in [-0.1, -0.05) is 0 Å². The predicted octanol–water partition coefficient (Wildman–Crippen LogP) is -0.534. The van der Waals surface area contributed by atoms with Crippen molar-refractivity contribution in [3.05, 3.63) is 0 Å². The molecule has 2 unspecified atom stereocenters. The van der Waals surface area contributed by atoms with Gasteiger partial charge in [-0.3, -0.25) is 0 Å². The first-order valence-corrected chi connectivity index (χ1v) is 5.43. The third kappa shape index (κ3) is 1.46. The van der Waals surface area contributed by atoms with E-state index in [0.717, 1.165) is 32.4 Å². The highest BCUT2D eigenvalue weighted by Crippen LogP contribution is 2.41.